The quantitative estimate of drug-likeness (QED) is 0.538. The fraction of sp³-hybridized carbons (Fsp3) is 0.167. The number of benzene rings is 2. The van der Waals surface area contributed by atoms with E-state index in [1.54, 1.807) is 18.2 Å². The second kappa shape index (κ2) is 7.31. The Kier molecular flexibility index (Phi) is 4.95. The van der Waals surface area contributed by atoms with Crippen molar-refractivity contribution in [2.45, 2.75) is 13.8 Å². The highest BCUT2D eigenvalue weighted by atomic mass is 32.1. The van der Waals surface area contributed by atoms with Gasteiger partial charge in [-0.05, 0) is 43.8 Å². The summed E-state index contributed by atoms with van der Waals surface area (Å²) in [4.78, 5) is 0. The number of rotatable bonds is 5. The van der Waals surface area contributed by atoms with Crippen molar-refractivity contribution >= 4 is 18.4 Å². The number of nitrogens with zero attached hydrogens (tertiary/aromatic N) is 3. The highest BCUT2D eigenvalue weighted by Crippen LogP contribution is 2.29. The van der Waals surface area contributed by atoms with Gasteiger partial charge in [0.25, 0.3) is 0 Å². The summed E-state index contributed by atoms with van der Waals surface area (Å²) in [6.45, 7) is 4.33. The van der Waals surface area contributed by atoms with Gasteiger partial charge in [-0.3, -0.25) is 0 Å². The van der Waals surface area contributed by atoms with E-state index in [4.69, 9.17) is 17.0 Å². The first kappa shape index (κ1) is 16.9. The van der Waals surface area contributed by atoms with Gasteiger partial charge in [0.05, 0.1) is 12.8 Å². The maximum atomic E-state index is 10.3. The van der Waals surface area contributed by atoms with Crippen LogP contribution in [0.25, 0.3) is 11.4 Å². The smallest absolute Gasteiger partial charge is 0.216 e. The van der Waals surface area contributed by atoms with Crippen LogP contribution < -0.4 is 4.74 Å². The molecule has 0 saturated heterocycles. The first-order valence-electron chi connectivity index (χ1n) is 7.84. The van der Waals surface area contributed by atoms with Crippen LogP contribution in [0.5, 0.6) is 11.5 Å². The lowest BCUT2D eigenvalue weighted by Crippen LogP contribution is -1.97. The molecule has 1 aromatic heterocycles. The molecule has 0 radical (unpaired) electrons. The molecule has 0 saturated carbocycles. The topological polar surface area (TPSA) is 75.4 Å². The third-order valence-corrected chi connectivity index (χ3v) is 3.94. The van der Waals surface area contributed by atoms with Crippen LogP contribution in [0.2, 0.25) is 0 Å². The zero-order valence-corrected chi connectivity index (χ0v) is 14.7. The Hall–Kier alpha value is -2.93. The third kappa shape index (κ3) is 3.46. The predicted molar refractivity (Wildman–Crippen MR) is 99.9 cm³/mol. The molecule has 2 N–H and O–H groups in total. The van der Waals surface area contributed by atoms with Gasteiger partial charge < -0.3 is 9.84 Å². The highest BCUT2D eigenvalue weighted by Gasteiger charge is 2.11. The Balaban J connectivity index is 2.01. The maximum Gasteiger partial charge on any atom is 0.216 e. The number of H-pyrrole nitrogens is 1. The molecule has 0 spiro atoms. The number of phenols is 1. The number of aromatic nitrogens is 3. The van der Waals surface area contributed by atoms with E-state index < -0.39 is 0 Å². The third-order valence-electron chi connectivity index (χ3n) is 3.68. The van der Waals surface area contributed by atoms with Crippen LogP contribution in [0.3, 0.4) is 0 Å². The van der Waals surface area contributed by atoms with Crippen LogP contribution in [0, 0.1) is 11.7 Å². The summed E-state index contributed by atoms with van der Waals surface area (Å²) in [5, 5.41) is 21.7. The van der Waals surface area contributed by atoms with E-state index >= 15 is 0 Å². The molecular formula is C18H18N4O2S. The van der Waals surface area contributed by atoms with Crippen molar-refractivity contribution in [3.05, 3.63) is 58.4 Å². The average molecular weight is 354 g/mol. The summed E-state index contributed by atoms with van der Waals surface area (Å²) < 4.78 is 7.29. The Labute approximate surface area is 150 Å². The standard InChI is InChI=1S/C18H18N4O2S/c1-3-24-15-10-6-8-13(16(15)23)11-19-22-17(20-21-18(22)25)14-9-5-4-7-12(14)2/h4-11,23H,3H2,1-2H3,(H,21,25). The summed E-state index contributed by atoms with van der Waals surface area (Å²) in [5.74, 6) is 1.07. The SMILES string of the molecule is CCOc1cccc(C=Nn2c(-c3ccccc3C)n[nH]c2=S)c1O. The van der Waals surface area contributed by atoms with Crippen molar-refractivity contribution in [1.29, 1.82) is 0 Å². The fourth-order valence-electron chi connectivity index (χ4n) is 2.43. The minimum absolute atomic E-state index is 0.0422. The summed E-state index contributed by atoms with van der Waals surface area (Å²) in [7, 11) is 0. The van der Waals surface area contributed by atoms with E-state index in [0.29, 0.717) is 28.5 Å². The Morgan fingerprint density at radius 2 is 2.08 bits per heavy atom. The van der Waals surface area contributed by atoms with E-state index in [9.17, 15) is 5.11 Å². The van der Waals surface area contributed by atoms with E-state index in [0.717, 1.165) is 11.1 Å². The van der Waals surface area contributed by atoms with Crippen molar-refractivity contribution in [1.82, 2.24) is 14.9 Å². The van der Waals surface area contributed by atoms with Crippen molar-refractivity contribution in [2.24, 2.45) is 5.10 Å². The number of phenolic OH excluding ortho intramolecular Hbond substituents is 1. The van der Waals surface area contributed by atoms with Crippen LogP contribution in [0.4, 0.5) is 0 Å². The summed E-state index contributed by atoms with van der Waals surface area (Å²) in [5.41, 5.74) is 2.53. The molecule has 0 aliphatic rings. The molecule has 2 aromatic carbocycles. The number of aromatic hydroxyl groups is 1. The van der Waals surface area contributed by atoms with E-state index in [-0.39, 0.29) is 5.75 Å². The molecule has 25 heavy (non-hydrogen) atoms. The maximum absolute atomic E-state index is 10.3. The molecule has 0 bridgehead atoms. The lowest BCUT2D eigenvalue weighted by atomic mass is 10.1. The summed E-state index contributed by atoms with van der Waals surface area (Å²) in [6, 6.07) is 13.1. The zero-order valence-electron chi connectivity index (χ0n) is 13.9. The lowest BCUT2D eigenvalue weighted by molar-refractivity contribution is 0.318. The molecule has 0 aliphatic heterocycles. The van der Waals surface area contributed by atoms with Gasteiger partial charge >= 0.3 is 0 Å². The number of para-hydroxylation sites is 1. The van der Waals surface area contributed by atoms with Crippen LogP contribution in [-0.4, -0.2) is 32.8 Å². The molecular weight excluding hydrogens is 336 g/mol. The normalized spacial score (nSPS) is 11.1. The molecule has 0 unspecified atom stereocenters. The molecule has 3 rings (SSSR count). The summed E-state index contributed by atoms with van der Waals surface area (Å²) in [6.07, 6.45) is 1.53. The van der Waals surface area contributed by atoms with Crippen LogP contribution in [0.1, 0.15) is 18.1 Å². The van der Waals surface area contributed by atoms with E-state index in [2.05, 4.69) is 15.3 Å². The number of hydrogen-bond acceptors (Lipinski definition) is 5. The van der Waals surface area contributed by atoms with E-state index in [1.165, 1.54) is 10.9 Å². The second-order valence-electron chi connectivity index (χ2n) is 5.35. The molecule has 6 nitrogen and oxygen atoms in total. The average Bonchev–Trinajstić information content (AvgIpc) is 2.97. The van der Waals surface area contributed by atoms with Crippen LogP contribution in [-0.2, 0) is 0 Å². The monoisotopic (exact) mass is 354 g/mol. The predicted octanol–water partition coefficient (Wildman–Crippen LogP) is 3.90. The first-order valence-corrected chi connectivity index (χ1v) is 8.25. The summed E-state index contributed by atoms with van der Waals surface area (Å²) >= 11 is 5.28. The molecule has 1 heterocycles. The first-order chi connectivity index (χ1) is 12.1. The lowest BCUT2D eigenvalue weighted by Gasteiger charge is -2.07. The van der Waals surface area contributed by atoms with Gasteiger partial charge in [0, 0.05) is 11.1 Å². The van der Waals surface area contributed by atoms with Gasteiger partial charge in [-0.1, -0.05) is 30.3 Å². The molecule has 7 heteroatoms. The molecule has 0 fully saturated rings. The zero-order chi connectivity index (χ0) is 17.8. The van der Waals surface area contributed by atoms with Gasteiger partial charge in [-0.25, -0.2) is 5.10 Å². The van der Waals surface area contributed by atoms with Gasteiger partial charge in [-0.15, -0.1) is 0 Å². The van der Waals surface area contributed by atoms with Crippen molar-refractivity contribution in [3.63, 3.8) is 0 Å². The highest BCUT2D eigenvalue weighted by molar-refractivity contribution is 7.71. The minimum atomic E-state index is 0.0422. The van der Waals surface area contributed by atoms with Crippen molar-refractivity contribution in [3.8, 4) is 22.9 Å². The van der Waals surface area contributed by atoms with Crippen molar-refractivity contribution in [2.75, 3.05) is 6.61 Å². The van der Waals surface area contributed by atoms with Gasteiger partial charge in [0.1, 0.15) is 0 Å². The number of ether oxygens (including phenoxy) is 1. The molecule has 128 valence electrons. The molecule has 0 aliphatic carbocycles. The number of hydrogen-bond donors (Lipinski definition) is 2. The van der Waals surface area contributed by atoms with Crippen LogP contribution in [0.15, 0.2) is 47.6 Å². The Bertz CT molecular complexity index is 975. The fourth-order valence-corrected chi connectivity index (χ4v) is 2.61. The largest absolute Gasteiger partial charge is 0.504 e. The van der Waals surface area contributed by atoms with Gasteiger partial charge in [0.15, 0.2) is 17.3 Å². The minimum Gasteiger partial charge on any atom is -0.504 e. The Morgan fingerprint density at radius 1 is 1.28 bits per heavy atom. The number of aromatic amines is 1. The molecule has 0 amide bonds. The van der Waals surface area contributed by atoms with Gasteiger partial charge in [0.2, 0.25) is 4.77 Å². The van der Waals surface area contributed by atoms with E-state index in [1.807, 2.05) is 38.1 Å². The van der Waals surface area contributed by atoms with Crippen LogP contribution >= 0.6 is 12.2 Å². The molecule has 0 atom stereocenters. The second-order valence-corrected chi connectivity index (χ2v) is 5.74. The number of nitrogens with one attached hydrogen (secondary N) is 1. The number of aryl methyl sites for hydroxylation is 1. The van der Waals surface area contributed by atoms with Crippen molar-refractivity contribution < 1.29 is 9.84 Å². The van der Waals surface area contributed by atoms with Gasteiger partial charge in [-0.2, -0.15) is 14.9 Å². The molecule has 3 aromatic rings. The Morgan fingerprint density at radius 3 is 2.84 bits per heavy atom.